The number of nitro benzene ring substituents is 1. The molecule has 0 spiro atoms. The largest absolute Gasteiger partial charge is 0.484 e. The Hall–Kier alpha value is -3.93. The fraction of sp³-hybridized carbons (Fsp3) is 0.200. The van der Waals surface area contributed by atoms with Crippen LogP contribution < -0.4 is 14.8 Å². The van der Waals surface area contributed by atoms with Gasteiger partial charge in [0.25, 0.3) is 21.6 Å². The number of aromatic nitrogens is 1. The van der Waals surface area contributed by atoms with Crippen LogP contribution in [0.5, 0.6) is 5.75 Å². The van der Waals surface area contributed by atoms with Gasteiger partial charge in [-0.25, -0.2) is 13.1 Å². The highest BCUT2D eigenvalue weighted by Crippen LogP contribution is 2.24. The second-order valence-electron chi connectivity index (χ2n) is 6.89. The molecule has 12 heteroatoms. The van der Waals surface area contributed by atoms with Crippen molar-refractivity contribution >= 4 is 33.2 Å². The zero-order valence-electron chi connectivity index (χ0n) is 17.4. The van der Waals surface area contributed by atoms with Gasteiger partial charge in [0.15, 0.2) is 6.61 Å². The summed E-state index contributed by atoms with van der Waals surface area (Å²) in [6.45, 7) is 4.62. The summed E-state index contributed by atoms with van der Waals surface area (Å²) in [4.78, 5) is 22.4. The van der Waals surface area contributed by atoms with Gasteiger partial charge in [0, 0.05) is 22.9 Å². The van der Waals surface area contributed by atoms with Crippen molar-refractivity contribution in [3.8, 4) is 5.75 Å². The number of aryl methyl sites for hydroxylation is 2. The lowest BCUT2D eigenvalue weighted by Crippen LogP contribution is -2.20. The van der Waals surface area contributed by atoms with Crippen LogP contribution in [-0.4, -0.2) is 31.0 Å². The summed E-state index contributed by atoms with van der Waals surface area (Å²) in [5.74, 6) is -0.130. The summed E-state index contributed by atoms with van der Waals surface area (Å²) < 4.78 is 37.7. The van der Waals surface area contributed by atoms with Crippen LogP contribution in [0.1, 0.15) is 16.8 Å². The first-order valence-corrected chi connectivity index (χ1v) is 10.8. The molecule has 2 N–H and O–H groups in total. The van der Waals surface area contributed by atoms with Crippen LogP contribution in [0, 0.1) is 30.9 Å². The third-order valence-electron chi connectivity index (χ3n) is 4.57. The average Bonchev–Trinajstić information content (AvgIpc) is 3.04. The standard InChI is InChI=1S/C20H20N4O7S/c1-12-10-16(6-9-18(12)24(26)27)30-11-19(25)21-15-4-7-17(8-5-15)32(28,29)23-20-13(2)14(3)22-31-20/h4-10,23H,11H2,1-3H3,(H,21,25). The van der Waals surface area contributed by atoms with E-state index in [1.165, 1.54) is 42.5 Å². The molecule has 3 rings (SSSR count). The molecule has 0 saturated heterocycles. The van der Waals surface area contributed by atoms with Gasteiger partial charge in [-0.15, -0.1) is 0 Å². The molecule has 0 aliphatic heterocycles. The quantitative estimate of drug-likeness (QED) is 0.383. The van der Waals surface area contributed by atoms with Crippen LogP contribution >= 0.6 is 0 Å². The minimum atomic E-state index is -3.90. The Balaban J connectivity index is 1.59. The molecule has 0 bridgehead atoms. The molecule has 0 radical (unpaired) electrons. The van der Waals surface area contributed by atoms with E-state index in [1.807, 2.05) is 0 Å². The van der Waals surface area contributed by atoms with Crippen LogP contribution in [0.15, 0.2) is 51.9 Å². The SMILES string of the molecule is Cc1cc(OCC(=O)Nc2ccc(S(=O)(=O)Nc3onc(C)c3C)cc2)ccc1[N+](=O)[O-]. The molecule has 1 heterocycles. The molecule has 0 atom stereocenters. The van der Waals surface area contributed by atoms with Crippen molar-refractivity contribution in [1.82, 2.24) is 5.16 Å². The molecule has 0 unspecified atom stereocenters. The number of carbonyl (C=O) groups is 1. The first kappa shape index (κ1) is 22.7. The van der Waals surface area contributed by atoms with Crippen molar-refractivity contribution in [2.45, 2.75) is 25.7 Å². The Morgan fingerprint density at radius 1 is 1.16 bits per heavy atom. The maximum Gasteiger partial charge on any atom is 0.272 e. The number of hydrogen-bond acceptors (Lipinski definition) is 8. The summed E-state index contributed by atoms with van der Waals surface area (Å²) in [6.07, 6.45) is 0. The number of nitro groups is 1. The van der Waals surface area contributed by atoms with E-state index in [1.54, 1.807) is 20.8 Å². The molecule has 2 aromatic carbocycles. The molecule has 168 valence electrons. The number of nitrogens with zero attached hydrogens (tertiary/aromatic N) is 2. The van der Waals surface area contributed by atoms with Crippen molar-refractivity contribution in [1.29, 1.82) is 0 Å². The fourth-order valence-corrected chi connectivity index (χ4v) is 3.72. The molecule has 3 aromatic rings. The lowest BCUT2D eigenvalue weighted by Gasteiger charge is -2.09. The zero-order chi connectivity index (χ0) is 23.5. The Kier molecular flexibility index (Phi) is 6.44. The lowest BCUT2D eigenvalue weighted by atomic mass is 10.2. The van der Waals surface area contributed by atoms with Crippen molar-refractivity contribution in [2.24, 2.45) is 0 Å². The molecule has 32 heavy (non-hydrogen) atoms. The predicted octanol–water partition coefficient (Wildman–Crippen LogP) is 3.33. The van der Waals surface area contributed by atoms with Gasteiger partial charge in [-0.1, -0.05) is 5.16 Å². The van der Waals surface area contributed by atoms with Crippen molar-refractivity contribution in [3.05, 3.63) is 69.4 Å². The van der Waals surface area contributed by atoms with E-state index in [0.717, 1.165) is 0 Å². The van der Waals surface area contributed by atoms with Crippen molar-refractivity contribution in [2.75, 3.05) is 16.6 Å². The average molecular weight is 460 g/mol. The number of benzene rings is 2. The number of nitrogens with one attached hydrogen (secondary N) is 2. The van der Waals surface area contributed by atoms with Gasteiger partial charge >= 0.3 is 0 Å². The summed E-state index contributed by atoms with van der Waals surface area (Å²) in [5.41, 5.74) is 1.89. The van der Waals surface area contributed by atoms with E-state index in [0.29, 0.717) is 28.3 Å². The predicted molar refractivity (Wildman–Crippen MR) is 115 cm³/mol. The molecule has 0 fully saturated rings. The zero-order valence-corrected chi connectivity index (χ0v) is 18.2. The minimum absolute atomic E-state index is 0.0263. The summed E-state index contributed by atoms with van der Waals surface area (Å²) >= 11 is 0. The highest BCUT2D eigenvalue weighted by Gasteiger charge is 2.19. The molecule has 0 aliphatic rings. The molecule has 0 saturated carbocycles. The highest BCUT2D eigenvalue weighted by atomic mass is 32.2. The van der Waals surface area contributed by atoms with Gasteiger partial charge in [0.2, 0.25) is 5.88 Å². The van der Waals surface area contributed by atoms with Crippen molar-refractivity contribution < 1.29 is 27.4 Å². The van der Waals surface area contributed by atoms with E-state index in [9.17, 15) is 23.3 Å². The molecule has 1 amide bonds. The monoisotopic (exact) mass is 460 g/mol. The van der Waals surface area contributed by atoms with Crippen molar-refractivity contribution in [3.63, 3.8) is 0 Å². The number of anilines is 2. The number of amides is 1. The van der Waals surface area contributed by atoms with Gasteiger partial charge in [-0.2, -0.15) is 0 Å². The molecule has 1 aromatic heterocycles. The van der Waals surface area contributed by atoms with Gasteiger partial charge in [-0.3, -0.25) is 14.9 Å². The topological polar surface area (TPSA) is 154 Å². The first-order valence-electron chi connectivity index (χ1n) is 9.30. The second-order valence-corrected chi connectivity index (χ2v) is 8.58. The summed E-state index contributed by atoms with van der Waals surface area (Å²) in [6, 6.07) is 9.70. The summed E-state index contributed by atoms with van der Waals surface area (Å²) in [5, 5.41) is 17.1. The van der Waals surface area contributed by atoms with Gasteiger partial charge in [-0.05, 0) is 57.2 Å². The third-order valence-corrected chi connectivity index (χ3v) is 5.91. The van der Waals surface area contributed by atoms with Gasteiger partial charge in [0.1, 0.15) is 5.75 Å². The number of hydrogen-bond donors (Lipinski definition) is 2. The Bertz CT molecular complexity index is 1270. The van der Waals surface area contributed by atoms with Gasteiger partial charge < -0.3 is 14.6 Å². The smallest absolute Gasteiger partial charge is 0.272 e. The minimum Gasteiger partial charge on any atom is -0.484 e. The van der Waals surface area contributed by atoms with E-state index in [4.69, 9.17) is 9.26 Å². The normalized spacial score (nSPS) is 11.1. The van der Waals surface area contributed by atoms with Gasteiger partial charge in [0.05, 0.1) is 15.5 Å². The molecular formula is C20H20N4O7S. The van der Waals surface area contributed by atoms with E-state index >= 15 is 0 Å². The molecular weight excluding hydrogens is 440 g/mol. The molecule has 11 nitrogen and oxygen atoms in total. The number of sulfonamides is 1. The van der Waals surface area contributed by atoms with Crippen LogP contribution in [0.2, 0.25) is 0 Å². The summed E-state index contributed by atoms with van der Waals surface area (Å²) in [7, 11) is -3.90. The fourth-order valence-electron chi connectivity index (χ4n) is 2.68. The maximum absolute atomic E-state index is 12.5. The van der Waals surface area contributed by atoms with Crippen LogP contribution in [-0.2, 0) is 14.8 Å². The maximum atomic E-state index is 12.5. The van der Waals surface area contributed by atoms with Crippen LogP contribution in [0.25, 0.3) is 0 Å². The number of rotatable bonds is 8. The van der Waals surface area contributed by atoms with Crippen LogP contribution in [0.3, 0.4) is 0 Å². The second kappa shape index (κ2) is 9.06. The van der Waals surface area contributed by atoms with E-state index < -0.39 is 20.9 Å². The lowest BCUT2D eigenvalue weighted by molar-refractivity contribution is -0.385. The third kappa shape index (κ3) is 5.21. The Morgan fingerprint density at radius 3 is 2.41 bits per heavy atom. The first-order chi connectivity index (χ1) is 15.1. The molecule has 0 aliphatic carbocycles. The van der Waals surface area contributed by atoms with E-state index in [2.05, 4.69) is 15.2 Å². The Morgan fingerprint density at radius 2 is 1.84 bits per heavy atom. The number of carbonyl (C=O) groups excluding carboxylic acids is 1. The number of ether oxygens (including phenoxy) is 1. The van der Waals surface area contributed by atoms with E-state index in [-0.39, 0.29) is 23.1 Å². The highest BCUT2D eigenvalue weighted by molar-refractivity contribution is 7.92. The van der Waals surface area contributed by atoms with Crippen LogP contribution in [0.4, 0.5) is 17.3 Å². The Labute approximate surface area is 183 Å².